The lowest BCUT2D eigenvalue weighted by atomic mass is 10.00. The summed E-state index contributed by atoms with van der Waals surface area (Å²) in [7, 11) is 1.63. The molecule has 1 N–H and O–H groups in total. The first-order chi connectivity index (χ1) is 7.72. The van der Waals surface area contributed by atoms with E-state index in [1.54, 1.807) is 13.4 Å². The van der Waals surface area contributed by atoms with Gasteiger partial charge >= 0.3 is 0 Å². The Morgan fingerprint density at radius 1 is 1.31 bits per heavy atom. The summed E-state index contributed by atoms with van der Waals surface area (Å²) in [5.74, 6) is 1.16. The molecule has 0 aliphatic carbocycles. The van der Waals surface area contributed by atoms with Crippen LogP contribution in [-0.2, 0) is 0 Å². The van der Waals surface area contributed by atoms with Gasteiger partial charge in [0.05, 0.1) is 13.4 Å². The Balaban J connectivity index is 2.44. The standard InChI is InChI=1S/C13H16N2O/c1-9(2)10-5-4-6-11(7-10)12-13(16-3)15-8-14-12/h4-9H,1-3H3,(H,14,15). The van der Waals surface area contributed by atoms with Gasteiger partial charge in [-0.2, -0.15) is 0 Å². The summed E-state index contributed by atoms with van der Waals surface area (Å²) in [5, 5.41) is 0. The van der Waals surface area contributed by atoms with Crippen molar-refractivity contribution in [1.82, 2.24) is 9.97 Å². The van der Waals surface area contributed by atoms with Crippen LogP contribution < -0.4 is 4.74 Å². The Labute approximate surface area is 95.5 Å². The van der Waals surface area contributed by atoms with Gasteiger partial charge in [-0.3, -0.25) is 0 Å². The van der Waals surface area contributed by atoms with Crippen molar-refractivity contribution in [1.29, 1.82) is 0 Å². The van der Waals surface area contributed by atoms with Crippen molar-refractivity contribution in [3.05, 3.63) is 36.2 Å². The Morgan fingerprint density at radius 3 is 2.81 bits per heavy atom. The molecule has 0 atom stereocenters. The largest absolute Gasteiger partial charge is 0.479 e. The van der Waals surface area contributed by atoms with E-state index in [0.717, 1.165) is 11.3 Å². The van der Waals surface area contributed by atoms with Crippen molar-refractivity contribution in [2.24, 2.45) is 0 Å². The molecule has 0 bridgehead atoms. The lowest BCUT2D eigenvalue weighted by Crippen LogP contribution is -1.90. The highest BCUT2D eigenvalue weighted by molar-refractivity contribution is 5.65. The Hall–Kier alpha value is -1.77. The molecule has 2 rings (SSSR count). The van der Waals surface area contributed by atoms with Crippen LogP contribution in [0.5, 0.6) is 5.88 Å². The zero-order chi connectivity index (χ0) is 11.5. The van der Waals surface area contributed by atoms with Gasteiger partial charge in [0, 0.05) is 5.56 Å². The second kappa shape index (κ2) is 4.39. The van der Waals surface area contributed by atoms with E-state index in [9.17, 15) is 0 Å². The fourth-order valence-corrected chi connectivity index (χ4v) is 1.70. The summed E-state index contributed by atoms with van der Waals surface area (Å²) >= 11 is 0. The molecular formula is C13H16N2O. The third-order valence-electron chi connectivity index (χ3n) is 2.64. The number of ether oxygens (including phenoxy) is 1. The molecule has 16 heavy (non-hydrogen) atoms. The van der Waals surface area contributed by atoms with Crippen LogP contribution in [0, 0.1) is 0 Å². The van der Waals surface area contributed by atoms with Crippen LogP contribution in [-0.4, -0.2) is 17.1 Å². The van der Waals surface area contributed by atoms with Crippen LogP contribution in [0.15, 0.2) is 30.6 Å². The highest BCUT2D eigenvalue weighted by Gasteiger charge is 2.09. The molecule has 0 aliphatic rings. The number of nitrogens with zero attached hydrogens (tertiary/aromatic N) is 1. The quantitative estimate of drug-likeness (QED) is 0.855. The maximum atomic E-state index is 5.20. The Kier molecular flexibility index (Phi) is 2.95. The minimum Gasteiger partial charge on any atom is -0.479 e. The molecule has 0 saturated carbocycles. The smallest absolute Gasteiger partial charge is 0.239 e. The average molecular weight is 216 g/mol. The molecule has 1 aromatic carbocycles. The fourth-order valence-electron chi connectivity index (χ4n) is 1.70. The zero-order valence-electron chi connectivity index (χ0n) is 9.82. The number of imidazole rings is 1. The van der Waals surface area contributed by atoms with E-state index in [2.05, 4.69) is 48.1 Å². The van der Waals surface area contributed by atoms with Crippen LogP contribution >= 0.6 is 0 Å². The fraction of sp³-hybridized carbons (Fsp3) is 0.308. The predicted molar refractivity (Wildman–Crippen MR) is 64.7 cm³/mol. The second-order valence-electron chi connectivity index (χ2n) is 4.07. The number of hydrogen-bond donors (Lipinski definition) is 1. The van der Waals surface area contributed by atoms with E-state index in [1.165, 1.54) is 5.56 Å². The normalized spacial score (nSPS) is 10.8. The number of nitrogens with one attached hydrogen (secondary N) is 1. The molecule has 0 aliphatic heterocycles. The molecule has 0 spiro atoms. The van der Waals surface area contributed by atoms with E-state index in [-0.39, 0.29) is 0 Å². The monoisotopic (exact) mass is 216 g/mol. The van der Waals surface area contributed by atoms with Gasteiger partial charge in [-0.1, -0.05) is 32.0 Å². The van der Waals surface area contributed by atoms with E-state index < -0.39 is 0 Å². The minimum atomic E-state index is 0.522. The lowest BCUT2D eigenvalue weighted by Gasteiger charge is -2.07. The first kappa shape index (κ1) is 10.7. The van der Waals surface area contributed by atoms with Crippen molar-refractivity contribution in [2.45, 2.75) is 19.8 Å². The van der Waals surface area contributed by atoms with Gasteiger partial charge in [-0.15, -0.1) is 0 Å². The molecule has 2 aromatic rings. The highest BCUT2D eigenvalue weighted by Crippen LogP contribution is 2.28. The van der Waals surface area contributed by atoms with Gasteiger partial charge < -0.3 is 9.72 Å². The summed E-state index contributed by atoms with van der Waals surface area (Å²) in [6.45, 7) is 4.37. The zero-order valence-corrected chi connectivity index (χ0v) is 9.82. The SMILES string of the molecule is COc1nc[nH]c1-c1cccc(C(C)C)c1. The second-order valence-corrected chi connectivity index (χ2v) is 4.07. The third-order valence-corrected chi connectivity index (χ3v) is 2.64. The maximum absolute atomic E-state index is 5.20. The van der Waals surface area contributed by atoms with E-state index in [0.29, 0.717) is 11.8 Å². The summed E-state index contributed by atoms with van der Waals surface area (Å²) in [6, 6.07) is 8.42. The van der Waals surface area contributed by atoms with Crippen LogP contribution in [0.25, 0.3) is 11.3 Å². The van der Waals surface area contributed by atoms with Crippen molar-refractivity contribution >= 4 is 0 Å². The molecular weight excluding hydrogens is 200 g/mol. The van der Waals surface area contributed by atoms with Crippen LogP contribution in [0.2, 0.25) is 0 Å². The van der Waals surface area contributed by atoms with Gasteiger partial charge in [-0.25, -0.2) is 4.98 Å². The van der Waals surface area contributed by atoms with Gasteiger partial charge in [0.25, 0.3) is 0 Å². The molecule has 1 aromatic heterocycles. The Morgan fingerprint density at radius 2 is 2.12 bits per heavy atom. The van der Waals surface area contributed by atoms with Crippen molar-refractivity contribution in [3.8, 4) is 17.1 Å². The van der Waals surface area contributed by atoms with Gasteiger partial charge in [0.15, 0.2) is 0 Å². The third kappa shape index (κ3) is 1.94. The number of H-pyrrole nitrogens is 1. The summed E-state index contributed by atoms with van der Waals surface area (Å²) in [4.78, 5) is 7.21. The van der Waals surface area contributed by atoms with Crippen LogP contribution in [0.3, 0.4) is 0 Å². The number of methoxy groups -OCH3 is 1. The van der Waals surface area contributed by atoms with Gasteiger partial charge in [0.1, 0.15) is 5.69 Å². The molecule has 3 heteroatoms. The van der Waals surface area contributed by atoms with Crippen LogP contribution in [0.1, 0.15) is 25.3 Å². The van der Waals surface area contributed by atoms with E-state index in [4.69, 9.17) is 4.74 Å². The number of hydrogen-bond acceptors (Lipinski definition) is 2. The molecule has 1 heterocycles. The van der Waals surface area contributed by atoms with Crippen molar-refractivity contribution in [2.75, 3.05) is 7.11 Å². The van der Waals surface area contributed by atoms with E-state index in [1.807, 2.05) is 0 Å². The average Bonchev–Trinajstić information content (AvgIpc) is 2.77. The van der Waals surface area contributed by atoms with Gasteiger partial charge in [-0.05, 0) is 17.5 Å². The predicted octanol–water partition coefficient (Wildman–Crippen LogP) is 3.21. The first-order valence-corrected chi connectivity index (χ1v) is 5.40. The molecule has 84 valence electrons. The molecule has 0 amide bonds. The summed E-state index contributed by atoms with van der Waals surface area (Å²) in [6.07, 6.45) is 1.65. The number of rotatable bonds is 3. The van der Waals surface area contributed by atoms with Crippen molar-refractivity contribution in [3.63, 3.8) is 0 Å². The van der Waals surface area contributed by atoms with Gasteiger partial charge in [0.2, 0.25) is 5.88 Å². The summed E-state index contributed by atoms with van der Waals surface area (Å²) in [5.41, 5.74) is 3.36. The number of benzene rings is 1. The lowest BCUT2D eigenvalue weighted by molar-refractivity contribution is 0.402. The first-order valence-electron chi connectivity index (χ1n) is 5.40. The Bertz CT molecular complexity index is 474. The van der Waals surface area contributed by atoms with E-state index >= 15 is 0 Å². The maximum Gasteiger partial charge on any atom is 0.239 e. The molecule has 0 radical (unpaired) electrons. The molecule has 0 fully saturated rings. The molecule has 0 unspecified atom stereocenters. The number of aromatic nitrogens is 2. The highest BCUT2D eigenvalue weighted by atomic mass is 16.5. The van der Waals surface area contributed by atoms with Crippen molar-refractivity contribution < 1.29 is 4.74 Å². The minimum absolute atomic E-state index is 0.522. The summed E-state index contributed by atoms with van der Waals surface area (Å²) < 4.78 is 5.20. The molecule has 3 nitrogen and oxygen atoms in total. The van der Waals surface area contributed by atoms with Crippen LogP contribution in [0.4, 0.5) is 0 Å². The number of aromatic amines is 1. The topological polar surface area (TPSA) is 37.9 Å². The molecule has 0 saturated heterocycles.